The van der Waals surface area contributed by atoms with Gasteiger partial charge >= 0.3 is 0 Å². The second-order valence-corrected chi connectivity index (χ2v) is 6.52. The van der Waals surface area contributed by atoms with Crippen molar-refractivity contribution in [1.82, 2.24) is 0 Å². The Hall–Kier alpha value is -2.43. The quantitative estimate of drug-likeness (QED) is 0.675. The van der Waals surface area contributed by atoms with Crippen molar-refractivity contribution in [2.24, 2.45) is 5.92 Å². The zero-order valence-electron chi connectivity index (χ0n) is 14.0. The Balaban J connectivity index is 1.84. The van der Waals surface area contributed by atoms with Crippen molar-refractivity contribution in [3.05, 3.63) is 48.0 Å². The minimum atomic E-state index is -0.152. The maximum absolute atomic E-state index is 12.8. The highest BCUT2D eigenvalue weighted by Crippen LogP contribution is 2.28. The third kappa shape index (κ3) is 3.73. The maximum Gasteiger partial charge on any atom is 0.257 e. The Morgan fingerprint density at radius 2 is 1.83 bits per heavy atom. The molecule has 0 atom stereocenters. The molecule has 1 fully saturated rings. The molecular weight excluding hydrogens is 297 g/mol. The number of nitrogens with two attached hydrogens (primary N) is 1. The van der Waals surface area contributed by atoms with E-state index < -0.39 is 0 Å². The lowest BCUT2D eigenvalue weighted by molar-refractivity contribution is 0.102. The van der Waals surface area contributed by atoms with E-state index in [1.54, 1.807) is 30.3 Å². The van der Waals surface area contributed by atoms with Crippen LogP contribution in [0.1, 0.15) is 30.1 Å². The van der Waals surface area contributed by atoms with Crippen LogP contribution in [0.15, 0.2) is 42.5 Å². The van der Waals surface area contributed by atoms with E-state index in [1.165, 1.54) is 0 Å². The van der Waals surface area contributed by atoms with Crippen LogP contribution in [0.3, 0.4) is 0 Å². The number of carbonyl (C=O) groups is 1. The molecule has 2 aromatic rings. The molecule has 0 saturated carbocycles. The summed E-state index contributed by atoms with van der Waals surface area (Å²) in [6, 6.07) is 12.7. The average molecular weight is 319 g/mol. The van der Waals surface area contributed by atoms with E-state index in [1.807, 2.05) is 12.1 Å². The molecule has 0 aromatic heterocycles. The zero-order chi connectivity index (χ0) is 17.1. The number of benzene rings is 2. The van der Waals surface area contributed by atoms with Gasteiger partial charge in [0.2, 0.25) is 0 Å². The highest BCUT2D eigenvalue weighted by molar-refractivity contribution is 6.32. The second-order valence-electron chi connectivity index (χ2n) is 6.52. The van der Waals surface area contributed by atoms with Crippen LogP contribution in [0.2, 0.25) is 0 Å². The fourth-order valence-corrected chi connectivity index (χ4v) is 3.03. The van der Waals surface area contributed by atoms with Gasteiger partial charge in [0.05, 0.1) is 5.56 Å². The molecule has 1 aliphatic heterocycles. The van der Waals surface area contributed by atoms with Gasteiger partial charge in [-0.1, -0.05) is 24.5 Å². The van der Waals surface area contributed by atoms with E-state index in [-0.39, 0.29) is 5.91 Å². The molecule has 1 aliphatic rings. The Morgan fingerprint density at radius 1 is 1.17 bits per heavy atom. The number of hydrogen-bond donors (Lipinski definition) is 2. The Kier molecular flexibility index (Phi) is 4.79. The minimum Gasteiger partial charge on any atom is -0.399 e. The molecule has 2 aromatic carbocycles. The van der Waals surface area contributed by atoms with Gasteiger partial charge in [-0.3, -0.25) is 4.79 Å². The fourth-order valence-electron chi connectivity index (χ4n) is 3.03. The molecule has 1 saturated heterocycles. The van der Waals surface area contributed by atoms with Gasteiger partial charge in [0.1, 0.15) is 7.85 Å². The topological polar surface area (TPSA) is 58.4 Å². The van der Waals surface area contributed by atoms with Gasteiger partial charge in [-0.05, 0) is 49.1 Å². The van der Waals surface area contributed by atoms with E-state index in [0.717, 1.165) is 43.2 Å². The van der Waals surface area contributed by atoms with Crippen LogP contribution in [-0.2, 0) is 0 Å². The van der Waals surface area contributed by atoms with E-state index >= 15 is 0 Å². The van der Waals surface area contributed by atoms with Crippen molar-refractivity contribution in [2.75, 3.05) is 29.0 Å². The van der Waals surface area contributed by atoms with Crippen LogP contribution in [0.4, 0.5) is 17.1 Å². The normalized spacial score (nSPS) is 15.3. The van der Waals surface area contributed by atoms with Gasteiger partial charge in [0.25, 0.3) is 5.91 Å². The summed E-state index contributed by atoms with van der Waals surface area (Å²) in [7, 11) is 5.69. The molecule has 0 spiro atoms. The fraction of sp³-hybridized carbons (Fsp3) is 0.316. The van der Waals surface area contributed by atoms with Crippen LogP contribution in [0.25, 0.3) is 0 Å². The molecule has 3 N–H and O–H groups in total. The Bertz CT molecular complexity index is 722. The summed E-state index contributed by atoms with van der Waals surface area (Å²) in [6.45, 7) is 4.20. The predicted molar refractivity (Wildman–Crippen MR) is 101 cm³/mol. The first-order chi connectivity index (χ1) is 11.5. The standard InChI is InChI=1S/C19H22BN3O/c1-13-8-10-23(11-9-13)18-7-4-15(21)12-17(18)19(24)22-16-5-2-14(20)3-6-16/h2-7,12-13H,8-11,21H2,1H3,(H,22,24). The number of nitrogens with zero attached hydrogens (tertiary/aromatic N) is 1. The molecular formula is C19H22BN3O. The maximum atomic E-state index is 12.8. The monoisotopic (exact) mass is 319 g/mol. The average Bonchev–Trinajstić information content (AvgIpc) is 2.58. The van der Waals surface area contributed by atoms with Crippen molar-refractivity contribution >= 4 is 36.3 Å². The molecule has 0 bridgehead atoms. The van der Waals surface area contributed by atoms with Crippen LogP contribution in [-0.4, -0.2) is 26.8 Å². The van der Waals surface area contributed by atoms with E-state index in [0.29, 0.717) is 16.7 Å². The molecule has 24 heavy (non-hydrogen) atoms. The van der Waals surface area contributed by atoms with Gasteiger partial charge in [-0.25, -0.2) is 0 Å². The van der Waals surface area contributed by atoms with Gasteiger partial charge < -0.3 is 16.0 Å². The summed E-state index contributed by atoms with van der Waals surface area (Å²) in [5, 5.41) is 2.92. The highest BCUT2D eigenvalue weighted by Gasteiger charge is 2.21. The number of amides is 1. The number of hydrogen-bond acceptors (Lipinski definition) is 3. The van der Waals surface area contributed by atoms with Crippen molar-refractivity contribution in [2.45, 2.75) is 19.8 Å². The van der Waals surface area contributed by atoms with E-state index in [9.17, 15) is 4.79 Å². The van der Waals surface area contributed by atoms with Crippen LogP contribution in [0.5, 0.6) is 0 Å². The number of nitrogen functional groups attached to an aromatic ring is 1. The van der Waals surface area contributed by atoms with Crippen LogP contribution in [0, 0.1) is 5.92 Å². The second kappa shape index (κ2) is 6.99. The first kappa shape index (κ1) is 16.4. The predicted octanol–water partition coefficient (Wildman–Crippen LogP) is 2.55. The Labute approximate surface area is 144 Å². The zero-order valence-corrected chi connectivity index (χ0v) is 14.0. The first-order valence-corrected chi connectivity index (χ1v) is 8.34. The van der Waals surface area contributed by atoms with E-state index in [4.69, 9.17) is 13.6 Å². The third-order valence-electron chi connectivity index (χ3n) is 4.56. The SMILES string of the molecule is [B]c1ccc(NC(=O)c2cc(N)ccc2N2CCC(C)CC2)cc1. The molecule has 1 heterocycles. The molecule has 5 heteroatoms. The summed E-state index contributed by atoms with van der Waals surface area (Å²) in [4.78, 5) is 15.0. The minimum absolute atomic E-state index is 0.152. The highest BCUT2D eigenvalue weighted by atomic mass is 16.1. The molecule has 122 valence electrons. The molecule has 3 rings (SSSR count). The van der Waals surface area contributed by atoms with Gasteiger partial charge in [0, 0.05) is 30.2 Å². The lowest BCUT2D eigenvalue weighted by Gasteiger charge is -2.33. The molecule has 0 unspecified atom stereocenters. The Morgan fingerprint density at radius 3 is 2.50 bits per heavy atom. The summed E-state index contributed by atoms with van der Waals surface area (Å²) in [5.41, 5.74) is 9.45. The van der Waals surface area contributed by atoms with Gasteiger partial charge in [-0.15, -0.1) is 0 Å². The summed E-state index contributed by atoms with van der Waals surface area (Å²) < 4.78 is 0. The summed E-state index contributed by atoms with van der Waals surface area (Å²) in [5.74, 6) is 0.586. The number of anilines is 3. The number of rotatable bonds is 3. The molecule has 1 amide bonds. The smallest absolute Gasteiger partial charge is 0.257 e. The van der Waals surface area contributed by atoms with Gasteiger partial charge in [0.15, 0.2) is 0 Å². The number of piperidine rings is 1. The molecule has 0 aliphatic carbocycles. The number of nitrogens with one attached hydrogen (secondary N) is 1. The lowest BCUT2D eigenvalue weighted by Crippen LogP contribution is -2.34. The van der Waals surface area contributed by atoms with Crippen LogP contribution < -0.4 is 21.4 Å². The third-order valence-corrected chi connectivity index (χ3v) is 4.56. The lowest BCUT2D eigenvalue weighted by atomic mass is 9.96. The van der Waals surface area contributed by atoms with Crippen molar-refractivity contribution in [1.29, 1.82) is 0 Å². The van der Waals surface area contributed by atoms with Crippen LogP contribution >= 0.6 is 0 Å². The van der Waals surface area contributed by atoms with E-state index in [2.05, 4.69) is 17.1 Å². The summed E-state index contributed by atoms with van der Waals surface area (Å²) in [6.07, 6.45) is 2.28. The summed E-state index contributed by atoms with van der Waals surface area (Å²) >= 11 is 0. The first-order valence-electron chi connectivity index (χ1n) is 8.34. The van der Waals surface area contributed by atoms with Gasteiger partial charge in [-0.2, -0.15) is 0 Å². The van der Waals surface area contributed by atoms with Crippen molar-refractivity contribution < 1.29 is 4.79 Å². The van der Waals surface area contributed by atoms with Crippen molar-refractivity contribution in [3.63, 3.8) is 0 Å². The molecule has 2 radical (unpaired) electrons. The van der Waals surface area contributed by atoms with Crippen molar-refractivity contribution in [3.8, 4) is 0 Å². The number of carbonyl (C=O) groups excluding carboxylic acids is 1. The molecule has 4 nitrogen and oxygen atoms in total. The largest absolute Gasteiger partial charge is 0.399 e.